The first-order chi connectivity index (χ1) is 17.7. The number of nitrogens with two attached hydrogens (primary N) is 1. The number of hydrogen-bond acceptors (Lipinski definition) is 3. The van der Waals surface area contributed by atoms with Crippen LogP contribution in [-0.2, 0) is 33.3 Å². The molecule has 0 spiro atoms. The van der Waals surface area contributed by atoms with E-state index < -0.39 is 21.1 Å². The first kappa shape index (κ1) is 30.5. The molecule has 0 fully saturated rings. The minimum absolute atomic E-state index is 0.134. The Balaban J connectivity index is 0.000000304. The van der Waals surface area contributed by atoms with Crippen molar-refractivity contribution in [3.05, 3.63) is 123 Å². The van der Waals surface area contributed by atoms with Gasteiger partial charge in [0, 0.05) is 0 Å². The molecule has 7 heteroatoms. The van der Waals surface area contributed by atoms with Crippen molar-refractivity contribution in [1.29, 1.82) is 0 Å². The van der Waals surface area contributed by atoms with Gasteiger partial charge in [0.1, 0.15) is 0 Å². The largest absolute Gasteiger partial charge is 0.321 e. The number of allylic oxidation sites excluding steroid dienone is 4. The van der Waals surface area contributed by atoms with Crippen LogP contribution in [0.2, 0.25) is 0 Å². The summed E-state index contributed by atoms with van der Waals surface area (Å²) in [5.74, 6) is 0. The Morgan fingerprint density at radius 2 is 1.34 bits per heavy atom. The van der Waals surface area contributed by atoms with E-state index in [1.54, 1.807) is 48.5 Å². The summed E-state index contributed by atoms with van der Waals surface area (Å²) in [6.45, 7) is 13.1. The van der Waals surface area contributed by atoms with Gasteiger partial charge in [0.15, 0.2) is 5.00 Å². The van der Waals surface area contributed by atoms with Crippen LogP contribution in [0.3, 0.4) is 0 Å². The summed E-state index contributed by atoms with van der Waals surface area (Å²) >= 11 is 9.67. The Kier molecular flexibility index (Phi) is 9.60. The van der Waals surface area contributed by atoms with E-state index in [1.807, 2.05) is 43.3 Å². The first-order valence-corrected chi connectivity index (χ1v) is 15.1. The maximum atomic E-state index is 13.0. The molecule has 4 rings (SSSR count). The summed E-state index contributed by atoms with van der Waals surface area (Å²) in [6, 6.07) is 23.9. The SMILES string of the molecule is CC1=C(C)C(C)(C)[C]([Ru])=C1C.Cc1ccc(S(=O)(=O)N[C@@](Cl)(c2ccccc2)[C@@H](N)c2ccccc2)cc1. The molecule has 0 radical (unpaired) electrons. The van der Waals surface area contributed by atoms with Crippen LogP contribution >= 0.6 is 11.6 Å². The van der Waals surface area contributed by atoms with E-state index in [1.165, 1.54) is 20.9 Å². The van der Waals surface area contributed by atoms with Crippen molar-refractivity contribution in [1.82, 2.24) is 4.72 Å². The molecule has 2 atom stereocenters. The molecule has 3 aromatic carbocycles. The van der Waals surface area contributed by atoms with Gasteiger partial charge in [-0.15, -0.1) is 0 Å². The zero-order valence-electron chi connectivity index (χ0n) is 22.7. The molecule has 203 valence electrons. The molecule has 1 aliphatic carbocycles. The Hall–Kier alpha value is -2.08. The Bertz CT molecular complexity index is 1410. The molecule has 1 aliphatic rings. The predicted octanol–water partition coefficient (Wildman–Crippen LogP) is 7.25. The topological polar surface area (TPSA) is 72.2 Å². The number of nitrogens with one attached hydrogen (secondary N) is 1. The maximum Gasteiger partial charge on any atom is 0.242 e. The third-order valence-corrected chi connectivity index (χ3v) is 11.2. The van der Waals surface area contributed by atoms with Gasteiger partial charge in [-0.2, -0.15) is 4.72 Å². The van der Waals surface area contributed by atoms with Crippen LogP contribution in [0.4, 0.5) is 0 Å². The molecule has 0 aromatic heterocycles. The van der Waals surface area contributed by atoms with Crippen LogP contribution in [0.25, 0.3) is 0 Å². The second kappa shape index (κ2) is 12.0. The number of aryl methyl sites for hydroxylation is 1. The predicted molar refractivity (Wildman–Crippen MR) is 154 cm³/mol. The quantitative estimate of drug-likeness (QED) is 0.170. The van der Waals surface area contributed by atoms with E-state index in [4.69, 9.17) is 17.3 Å². The molecule has 0 heterocycles. The van der Waals surface area contributed by atoms with E-state index in [0.29, 0.717) is 5.56 Å². The molecule has 0 saturated heterocycles. The van der Waals surface area contributed by atoms with Gasteiger partial charge in [0.05, 0.1) is 10.9 Å². The number of sulfonamides is 1. The van der Waals surface area contributed by atoms with Crippen LogP contribution < -0.4 is 10.5 Å². The van der Waals surface area contributed by atoms with Gasteiger partial charge in [-0.1, -0.05) is 90.0 Å². The number of rotatable bonds is 6. The van der Waals surface area contributed by atoms with Gasteiger partial charge in [-0.3, -0.25) is 0 Å². The molecule has 0 saturated carbocycles. The number of halogens is 1. The zero-order valence-corrected chi connectivity index (χ0v) is 26.0. The molecule has 3 N–H and O–H groups in total. The number of alkyl halides is 1. The van der Waals surface area contributed by atoms with E-state index in [-0.39, 0.29) is 10.3 Å². The first-order valence-electron chi connectivity index (χ1n) is 12.4. The van der Waals surface area contributed by atoms with Gasteiger partial charge in [-0.25, -0.2) is 8.42 Å². The van der Waals surface area contributed by atoms with Crippen molar-refractivity contribution < 1.29 is 26.7 Å². The standard InChI is InChI=1S/C21H21ClN2O2S.C10H15.Ru/c1-16-12-14-19(15-13-16)27(25,26)24-21(22,18-10-6-3-7-11-18)20(23)17-8-4-2-5-9-17;1-7-6-10(4,5)9(3)8(7)2;/h2-15,20,24H,23H2,1H3;1-5H3;/t20-,21-;;/m0../s1. The summed E-state index contributed by atoms with van der Waals surface area (Å²) in [7, 11) is -3.90. The molecule has 38 heavy (non-hydrogen) atoms. The fourth-order valence-corrected chi connectivity index (χ4v) is 6.84. The smallest absolute Gasteiger partial charge is 0.242 e. The zero-order chi connectivity index (χ0) is 28.3. The summed E-state index contributed by atoms with van der Waals surface area (Å²) in [5, 5.41) is 0. The summed E-state index contributed by atoms with van der Waals surface area (Å²) in [6.07, 6.45) is 0. The van der Waals surface area contributed by atoms with Crippen LogP contribution in [-0.4, -0.2) is 8.42 Å². The summed E-state index contributed by atoms with van der Waals surface area (Å²) < 4.78 is 30.1. The third kappa shape index (κ3) is 6.38. The van der Waals surface area contributed by atoms with Crippen LogP contribution in [0.15, 0.2) is 111 Å². The molecule has 0 amide bonds. The molecular weight excluding hydrogens is 601 g/mol. The van der Waals surface area contributed by atoms with Crippen LogP contribution in [0.5, 0.6) is 0 Å². The van der Waals surface area contributed by atoms with Crippen molar-refractivity contribution >= 4 is 21.6 Å². The second-order valence-corrected chi connectivity index (χ2v) is 13.3. The molecule has 4 nitrogen and oxygen atoms in total. The van der Waals surface area contributed by atoms with E-state index in [0.717, 1.165) is 11.1 Å². The van der Waals surface area contributed by atoms with Gasteiger partial charge in [-0.05, 0) is 30.2 Å². The summed E-state index contributed by atoms with van der Waals surface area (Å²) in [5.41, 5.74) is 13.5. The van der Waals surface area contributed by atoms with Crippen molar-refractivity contribution in [2.45, 2.75) is 57.5 Å². The molecule has 0 unspecified atom stereocenters. The van der Waals surface area contributed by atoms with Crippen molar-refractivity contribution in [3.63, 3.8) is 0 Å². The normalized spacial score (nSPS) is 17.5. The minimum atomic E-state index is -3.90. The average Bonchev–Trinajstić information content (AvgIpc) is 3.04. The molecular formula is C31H36ClN2O2RuS. The van der Waals surface area contributed by atoms with Gasteiger partial charge in [0.2, 0.25) is 10.0 Å². The van der Waals surface area contributed by atoms with E-state index in [2.05, 4.69) is 57.6 Å². The van der Waals surface area contributed by atoms with E-state index >= 15 is 0 Å². The Morgan fingerprint density at radius 3 is 1.76 bits per heavy atom. The van der Waals surface area contributed by atoms with Crippen molar-refractivity contribution in [2.24, 2.45) is 11.1 Å². The Labute approximate surface area is 243 Å². The van der Waals surface area contributed by atoms with Crippen molar-refractivity contribution in [2.75, 3.05) is 0 Å². The Morgan fingerprint density at radius 1 is 0.842 bits per heavy atom. The number of benzene rings is 3. The monoisotopic (exact) mass is 637 g/mol. The fourth-order valence-electron chi connectivity index (χ4n) is 4.38. The molecule has 3 aromatic rings. The van der Waals surface area contributed by atoms with E-state index in [9.17, 15) is 8.42 Å². The minimum Gasteiger partial charge on any atom is -0.321 e. The average molecular weight is 637 g/mol. The fraction of sp³-hybridized carbons (Fsp3) is 0.290. The van der Waals surface area contributed by atoms with Crippen LogP contribution in [0, 0.1) is 12.3 Å². The third-order valence-electron chi connectivity index (χ3n) is 7.31. The second-order valence-electron chi connectivity index (χ2n) is 10.2. The van der Waals surface area contributed by atoms with Gasteiger partial charge < -0.3 is 5.73 Å². The maximum absolute atomic E-state index is 13.0. The summed E-state index contributed by atoms with van der Waals surface area (Å²) in [4.78, 5) is -1.42. The van der Waals surface area contributed by atoms with Gasteiger partial charge in [0.25, 0.3) is 0 Å². The molecule has 0 aliphatic heterocycles. The van der Waals surface area contributed by atoms with Crippen LogP contribution in [0.1, 0.15) is 57.4 Å². The van der Waals surface area contributed by atoms with Crippen molar-refractivity contribution in [3.8, 4) is 0 Å². The van der Waals surface area contributed by atoms with Gasteiger partial charge >= 0.3 is 79.2 Å². The number of hydrogen-bond donors (Lipinski definition) is 2. The molecule has 0 bridgehead atoms.